The first-order valence-corrected chi connectivity index (χ1v) is 12.2. The van der Waals surface area contributed by atoms with Gasteiger partial charge in [0.2, 0.25) is 5.76 Å². The molecule has 8 nitrogen and oxygen atoms in total. The Morgan fingerprint density at radius 1 is 1.08 bits per heavy atom. The number of benzene rings is 2. The highest BCUT2D eigenvalue weighted by Crippen LogP contribution is 2.29. The summed E-state index contributed by atoms with van der Waals surface area (Å²) in [5.41, 5.74) is 0.862. The van der Waals surface area contributed by atoms with Crippen LogP contribution in [-0.2, 0) is 16.0 Å². The third kappa shape index (κ3) is 5.11. The molecule has 1 atom stereocenters. The van der Waals surface area contributed by atoms with Crippen molar-refractivity contribution in [3.8, 4) is 17.0 Å². The molecule has 1 saturated heterocycles. The summed E-state index contributed by atoms with van der Waals surface area (Å²) in [7, 11) is 0. The number of amides is 2. The molecule has 2 amide bonds. The molecule has 5 rings (SSSR count). The highest BCUT2D eigenvalue weighted by molar-refractivity contribution is 5.94. The number of ether oxygens (including phenoxy) is 2. The van der Waals surface area contributed by atoms with E-state index in [0.717, 1.165) is 30.6 Å². The van der Waals surface area contributed by atoms with Crippen LogP contribution in [0.2, 0.25) is 0 Å². The summed E-state index contributed by atoms with van der Waals surface area (Å²) in [6.07, 6.45) is 2.91. The van der Waals surface area contributed by atoms with Gasteiger partial charge in [-0.1, -0.05) is 35.5 Å². The summed E-state index contributed by atoms with van der Waals surface area (Å²) in [6, 6.07) is 15.4. The Bertz CT molecular complexity index is 1250. The van der Waals surface area contributed by atoms with Gasteiger partial charge in [-0.05, 0) is 49.4 Å². The second kappa shape index (κ2) is 10.5. The smallest absolute Gasteiger partial charge is 0.292 e. The Hall–Kier alpha value is -3.72. The highest BCUT2D eigenvalue weighted by Gasteiger charge is 2.45. The Balaban J connectivity index is 1.31. The summed E-state index contributed by atoms with van der Waals surface area (Å²) >= 11 is 0. The molecule has 2 aliphatic heterocycles. The first-order chi connectivity index (χ1) is 17.5. The van der Waals surface area contributed by atoms with E-state index in [0.29, 0.717) is 37.4 Å². The van der Waals surface area contributed by atoms with Crippen LogP contribution in [0, 0.1) is 5.82 Å². The van der Waals surface area contributed by atoms with Crippen LogP contribution < -0.4 is 10.1 Å². The van der Waals surface area contributed by atoms with Gasteiger partial charge in [-0.2, -0.15) is 0 Å². The topological polar surface area (TPSA) is 93.9 Å². The number of nitrogens with zero attached hydrogens (tertiary/aromatic N) is 2. The van der Waals surface area contributed by atoms with Gasteiger partial charge in [0.05, 0.1) is 19.7 Å². The lowest BCUT2D eigenvalue weighted by atomic mass is 9.91. The Labute approximate surface area is 208 Å². The quantitative estimate of drug-likeness (QED) is 0.586. The number of carbonyl (C=O) groups is 2. The molecule has 3 aromatic rings. The van der Waals surface area contributed by atoms with Crippen molar-refractivity contribution in [2.45, 2.75) is 31.3 Å². The minimum Gasteiger partial charge on any atom is -0.491 e. The summed E-state index contributed by atoms with van der Waals surface area (Å²) in [4.78, 5) is 28.1. The highest BCUT2D eigenvalue weighted by atomic mass is 19.1. The molecule has 1 spiro atoms. The van der Waals surface area contributed by atoms with Crippen molar-refractivity contribution in [1.29, 1.82) is 0 Å². The van der Waals surface area contributed by atoms with Crippen LogP contribution >= 0.6 is 0 Å². The van der Waals surface area contributed by atoms with Crippen molar-refractivity contribution in [2.24, 2.45) is 0 Å². The maximum Gasteiger partial charge on any atom is 0.292 e. The van der Waals surface area contributed by atoms with Crippen LogP contribution in [0.25, 0.3) is 11.3 Å². The normalized spacial score (nSPS) is 21.0. The molecule has 188 valence electrons. The monoisotopic (exact) mass is 493 g/mol. The molecule has 2 aromatic carbocycles. The second-order valence-corrected chi connectivity index (χ2v) is 9.08. The van der Waals surface area contributed by atoms with Crippen molar-refractivity contribution in [1.82, 2.24) is 15.4 Å². The fourth-order valence-corrected chi connectivity index (χ4v) is 4.74. The predicted octanol–water partition coefficient (Wildman–Crippen LogP) is 3.61. The fraction of sp³-hybridized carbons (Fsp3) is 0.370. The first kappa shape index (κ1) is 24.0. The number of para-hydroxylation sites is 1. The van der Waals surface area contributed by atoms with Gasteiger partial charge in [-0.25, -0.2) is 4.39 Å². The molecule has 1 unspecified atom stereocenters. The van der Waals surface area contributed by atoms with Crippen LogP contribution in [0.3, 0.4) is 0 Å². The number of nitrogens with one attached hydrogen (secondary N) is 1. The molecular formula is C27H28FN3O5. The number of hydrogen-bond donors (Lipinski definition) is 1. The Morgan fingerprint density at radius 2 is 1.97 bits per heavy atom. The third-order valence-electron chi connectivity index (χ3n) is 6.62. The van der Waals surface area contributed by atoms with E-state index >= 15 is 0 Å². The van der Waals surface area contributed by atoms with E-state index in [1.54, 1.807) is 17.0 Å². The van der Waals surface area contributed by atoms with Crippen LogP contribution in [-0.4, -0.2) is 60.3 Å². The number of hydrogen-bond acceptors (Lipinski definition) is 6. The minimum atomic E-state index is -1.15. The average molecular weight is 494 g/mol. The first-order valence-electron chi connectivity index (χ1n) is 12.2. The maximum absolute atomic E-state index is 13.6. The molecule has 0 saturated carbocycles. The zero-order valence-electron chi connectivity index (χ0n) is 19.9. The lowest BCUT2D eigenvalue weighted by Crippen LogP contribution is -2.61. The molecular weight excluding hydrogens is 465 g/mol. The van der Waals surface area contributed by atoms with Crippen molar-refractivity contribution in [3.05, 3.63) is 71.7 Å². The molecule has 1 fully saturated rings. The molecule has 0 bridgehead atoms. The third-order valence-corrected chi connectivity index (χ3v) is 6.62. The van der Waals surface area contributed by atoms with Gasteiger partial charge in [-0.3, -0.25) is 9.59 Å². The number of aryl methyl sites for hydroxylation is 1. The molecule has 1 N–H and O–H groups in total. The summed E-state index contributed by atoms with van der Waals surface area (Å²) < 4.78 is 30.8. The lowest BCUT2D eigenvalue weighted by Gasteiger charge is -2.41. The molecule has 9 heteroatoms. The zero-order valence-corrected chi connectivity index (χ0v) is 19.9. The number of fused-ring (bicyclic) bond motifs is 1. The van der Waals surface area contributed by atoms with E-state index in [2.05, 4.69) is 16.5 Å². The van der Waals surface area contributed by atoms with Gasteiger partial charge in [-0.15, -0.1) is 0 Å². The van der Waals surface area contributed by atoms with E-state index in [-0.39, 0.29) is 30.7 Å². The number of aromatic nitrogens is 1. The maximum atomic E-state index is 13.6. The minimum absolute atomic E-state index is 0.0323. The van der Waals surface area contributed by atoms with E-state index in [9.17, 15) is 14.0 Å². The molecule has 2 aliphatic rings. The second-order valence-electron chi connectivity index (χ2n) is 9.08. The molecule has 0 radical (unpaired) electrons. The molecule has 1 aromatic heterocycles. The SMILES string of the molecule is O=C(c1cc(-c2cccc(F)c2)no1)N1CCOC2(CCCCc3ccccc3OCCNC2=O)C1. The van der Waals surface area contributed by atoms with Crippen molar-refractivity contribution < 1.29 is 28.0 Å². The molecule has 36 heavy (non-hydrogen) atoms. The Kier molecular flexibility index (Phi) is 6.99. The van der Waals surface area contributed by atoms with Crippen LogP contribution in [0.4, 0.5) is 4.39 Å². The number of rotatable bonds is 2. The van der Waals surface area contributed by atoms with Crippen LogP contribution in [0.5, 0.6) is 5.75 Å². The number of morpholine rings is 1. The van der Waals surface area contributed by atoms with Crippen molar-refractivity contribution in [2.75, 3.05) is 32.8 Å². The average Bonchev–Trinajstić information content (AvgIpc) is 3.39. The molecule has 0 aliphatic carbocycles. The largest absolute Gasteiger partial charge is 0.491 e. The van der Waals surface area contributed by atoms with Crippen molar-refractivity contribution >= 4 is 11.8 Å². The van der Waals surface area contributed by atoms with Gasteiger partial charge < -0.3 is 24.2 Å². The van der Waals surface area contributed by atoms with Gasteiger partial charge in [0.1, 0.15) is 23.9 Å². The van der Waals surface area contributed by atoms with Gasteiger partial charge >= 0.3 is 0 Å². The standard InChI is InChI=1S/C27H28FN3O5/c28-21-9-5-8-20(16-21)22-17-24(36-30-22)25(32)31-13-15-35-27(18-31)11-4-3-7-19-6-1-2-10-23(19)34-14-12-29-26(27)33/h1-2,5-6,8-10,16-17H,3-4,7,11-15,18H2,(H,29,33). The van der Waals surface area contributed by atoms with Gasteiger partial charge in [0, 0.05) is 18.2 Å². The zero-order chi connectivity index (χ0) is 25.0. The van der Waals surface area contributed by atoms with Crippen LogP contribution in [0.1, 0.15) is 35.4 Å². The lowest BCUT2D eigenvalue weighted by molar-refractivity contribution is -0.159. The van der Waals surface area contributed by atoms with Gasteiger partial charge in [0.15, 0.2) is 5.60 Å². The van der Waals surface area contributed by atoms with Crippen LogP contribution in [0.15, 0.2) is 59.1 Å². The van der Waals surface area contributed by atoms with Crippen molar-refractivity contribution in [3.63, 3.8) is 0 Å². The summed E-state index contributed by atoms with van der Waals surface area (Å²) in [5, 5.41) is 6.86. The predicted molar refractivity (Wildman–Crippen MR) is 129 cm³/mol. The number of halogens is 1. The summed E-state index contributed by atoms with van der Waals surface area (Å²) in [5.74, 6) is -0.164. The van der Waals surface area contributed by atoms with E-state index in [1.807, 2.05) is 18.2 Å². The number of carbonyl (C=O) groups excluding carboxylic acids is 2. The fourth-order valence-electron chi connectivity index (χ4n) is 4.74. The van der Waals surface area contributed by atoms with E-state index in [4.69, 9.17) is 14.0 Å². The van der Waals surface area contributed by atoms with E-state index < -0.39 is 11.4 Å². The Morgan fingerprint density at radius 3 is 2.86 bits per heavy atom. The summed E-state index contributed by atoms with van der Waals surface area (Å²) in [6.45, 7) is 1.31. The van der Waals surface area contributed by atoms with Gasteiger partial charge in [0.25, 0.3) is 11.8 Å². The molecule has 3 heterocycles. The van der Waals surface area contributed by atoms with E-state index in [1.165, 1.54) is 18.2 Å².